The lowest BCUT2D eigenvalue weighted by Gasteiger charge is -2.22. The molecule has 9 nitrogen and oxygen atoms in total. The average Bonchev–Trinajstić information content (AvgIpc) is 2.87. The molecule has 0 aromatic heterocycles. The van der Waals surface area contributed by atoms with E-state index in [-0.39, 0.29) is 27.9 Å². The van der Waals surface area contributed by atoms with Crippen LogP contribution in [0.25, 0.3) is 6.08 Å². The first kappa shape index (κ1) is 20.5. The summed E-state index contributed by atoms with van der Waals surface area (Å²) in [7, 11) is 0. The number of rotatable bonds is 7. The summed E-state index contributed by atoms with van der Waals surface area (Å²) in [6.07, 6.45) is 1.24. The topological polar surface area (TPSA) is 130 Å². The van der Waals surface area contributed by atoms with Crippen LogP contribution < -0.4 is 5.32 Å². The van der Waals surface area contributed by atoms with E-state index in [1.54, 1.807) is 6.07 Å². The van der Waals surface area contributed by atoms with Gasteiger partial charge in [0.25, 0.3) is 11.6 Å². The van der Waals surface area contributed by atoms with Gasteiger partial charge in [0, 0.05) is 18.7 Å². The number of benzene rings is 1. The van der Waals surface area contributed by atoms with Crippen LogP contribution in [0.15, 0.2) is 29.2 Å². The van der Waals surface area contributed by atoms with E-state index in [0.717, 1.165) is 16.7 Å². The number of carboxylic acids is 1. The Kier molecular flexibility index (Phi) is 6.64. The van der Waals surface area contributed by atoms with E-state index in [9.17, 15) is 24.5 Å². The number of aliphatic carboxylic acids is 1. The molecule has 1 fully saturated rings. The van der Waals surface area contributed by atoms with Crippen LogP contribution in [0.5, 0.6) is 0 Å². The van der Waals surface area contributed by atoms with Gasteiger partial charge < -0.3 is 10.4 Å². The number of hydrogen-bond donors (Lipinski definition) is 2. The van der Waals surface area contributed by atoms with Gasteiger partial charge in [-0.1, -0.05) is 36.1 Å². The van der Waals surface area contributed by atoms with Crippen LogP contribution in [-0.2, 0) is 14.4 Å². The third-order valence-electron chi connectivity index (χ3n) is 3.61. The van der Waals surface area contributed by atoms with Crippen molar-refractivity contribution in [1.82, 2.24) is 10.2 Å². The molecule has 1 aromatic rings. The Balaban J connectivity index is 2.14. The van der Waals surface area contributed by atoms with Crippen molar-refractivity contribution in [3.63, 3.8) is 0 Å². The van der Waals surface area contributed by atoms with Crippen molar-refractivity contribution in [2.75, 3.05) is 6.54 Å². The second-order valence-electron chi connectivity index (χ2n) is 5.51. The van der Waals surface area contributed by atoms with Crippen molar-refractivity contribution in [1.29, 1.82) is 0 Å². The lowest BCUT2D eigenvalue weighted by molar-refractivity contribution is -0.384. The highest BCUT2D eigenvalue weighted by atomic mass is 32.2. The molecule has 2 rings (SSSR count). The highest BCUT2D eigenvalue weighted by Crippen LogP contribution is 2.34. The van der Waals surface area contributed by atoms with E-state index < -0.39 is 28.7 Å². The van der Waals surface area contributed by atoms with Gasteiger partial charge >= 0.3 is 5.97 Å². The molecule has 1 aliphatic rings. The summed E-state index contributed by atoms with van der Waals surface area (Å²) in [6.45, 7) is 1.42. The van der Waals surface area contributed by atoms with Gasteiger partial charge in [-0.25, -0.2) is 0 Å². The van der Waals surface area contributed by atoms with Crippen LogP contribution in [0, 0.1) is 10.1 Å². The zero-order valence-corrected chi connectivity index (χ0v) is 15.7. The molecule has 0 radical (unpaired) electrons. The molecule has 1 aromatic carbocycles. The number of non-ortho nitro benzene ring substituents is 1. The smallest absolute Gasteiger partial charge is 0.305 e. The maximum atomic E-state index is 12.6. The molecule has 0 saturated carbocycles. The van der Waals surface area contributed by atoms with Crippen molar-refractivity contribution in [3.8, 4) is 0 Å². The van der Waals surface area contributed by atoms with Crippen molar-refractivity contribution >= 4 is 57.8 Å². The molecule has 0 aliphatic carbocycles. The second-order valence-corrected chi connectivity index (χ2v) is 7.19. The van der Waals surface area contributed by atoms with E-state index in [4.69, 9.17) is 17.3 Å². The van der Waals surface area contributed by atoms with Crippen LogP contribution in [0.4, 0.5) is 5.69 Å². The minimum Gasteiger partial charge on any atom is -0.481 e. The lowest BCUT2D eigenvalue weighted by atomic mass is 10.2. The molecular formula is C16H15N3O6S2. The molecule has 1 unspecified atom stereocenters. The zero-order chi connectivity index (χ0) is 20.1. The number of nitrogens with one attached hydrogen (secondary N) is 1. The molecule has 2 amide bonds. The van der Waals surface area contributed by atoms with Crippen LogP contribution in [0.1, 0.15) is 18.9 Å². The molecule has 11 heteroatoms. The maximum Gasteiger partial charge on any atom is 0.305 e. The molecule has 27 heavy (non-hydrogen) atoms. The highest BCUT2D eigenvalue weighted by molar-refractivity contribution is 8.26. The van der Waals surface area contributed by atoms with Gasteiger partial charge in [0.2, 0.25) is 5.91 Å². The molecule has 1 aliphatic heterocycles. The summed E-state index contributed by atoms with van der Waals surface area (Å²) in [5.41, 5.74) is 0.355. The van der Waals surface area contributed by atoms with E-state index in [2.05, 4.69) is 5.32 Å². The van der Waals surface area contributed by atoms with E-state index in [0.29, 0.717) is 5.56 Å². The quantitative estimate of drug-likeness (QED) is 0.302. The predicted molar refractivity (Wildman–Crippen MR) is 103 cm³/mol. The van der Waals surface area contributed by atoms with Gasteiger partial charge in [-0.2, -0.15) is 0 Å². The number of thiocarbonyl (C=S) groups is 1. The van der Waals surface area contributed by atoms with Crippen LogP contribution in [-0.4, -0.2) is 49.6 Å². The third-order valence-corrected chi connectivity index (χ3v) is 4.94. The maximum absolute atomic E-state index is 12.6. The molecule has 1 atom stereocenters. The number of carboxylic acid groups (broad SMARTS) is 1. The Morgan fingerprint density at radius 3 is 2.81 bits per heavy atom. The summed E-state index contributed by atoms with van der Waals surface area (Å²) in [5.74, 6) is -2.06. The number of thioether (sulfide) groups is 1. The van der Waals surface area contributed by atoms with Crippen molar-refractivity contribution in [2.24, 2.45) is 0 Å². The Hall–Kier alpha value is -2.79. The number of amides is 2. The number of nitrogens with zero attached hydrogens (tertiary/aromatic N) is 2. The average molecular weight is 409 g/mol. The summed E-state index contributed by atoms with van der Waals surface area (Å²) in [4.78, 5) is 46.9. The Bertz CT molecular complexity index is 854. The Morgan fingerprint density at radius 1 is 1.48 bits per heavy atom. The largest absolute Gasteiger partial charge is 0.481 e. The van der Waals surface area contributed by atoms with E-state index in [1.807, 2.05) is 0 Å². The number of nitro benzene ring substituents is 1. The predicted octanol–water partition coefficient (Wildman–Crippen LogP) is 1.78. The number of hydrogen-bond acceptors (Lipinski definition) is 7. The number of carbonyl (C=O) groups excluding carboxylic acids is 2. The molecule has 1 heterocycles. The van der Waals surface area contributed by atoms with E-state index in [1.165, 1.54) is 31.2 Å². The monoisotopic (exact) mass is 409 g/mol. The van der Waals surface area contributed by atoms with Gasteiger partial charge in [-0.3, -0.25) is 29.4 Å². The van der Waals surface area contributed by atoms with Crippen molar-refractivity contribution in [2.45, 2.75) is 19.4 Å². The first-order chi connectivity index (χ1) is 12.7. The highest BCUT2D eigenvalue weighted by Gasteiger charge is 2.38. The molecule has 0 bridgehead atoms. The normalized spacial score (nSPS) is 16.5. The van der Waals surface area contributed by atoms with Crippen LogP contribution >= 0.6 is 24.0 Å². The second kappa shape index (κ2) is 8.73. The first-order valence-corrected chi connectivity index (χ1v) is 8.94. The minimum absolute atomic E-state index is 0.0587. The van der Waals surface area contributed by atoms with Gasteiger partial charge in [-0.15, -0.1) is 0 Å². The van der Waals surface area contributed by atoms with Gasteiger partial charge in [0.1, 0.15) is 10.4 Å². The fourth-order valence-corrected chi connectivity index (χ4v) is 3.67. The standard InChI is InChI=1S/C16H15N3O6S2/c1-9(14(22)17-6-5-13(20)21)18-15(23)12(27-16(18)26)8-10-3-2-4-11(7-10)19(24)25/h2-4,7-9H,5-6H2,1H3,(H,17,22)(H,20,21)/b12-8-. The summed E-state index contributed by atoms with van der Waals surface area (Å²) >= 11 is 6.16. The van der Waals surface area contributed by atoms with Gasteiger partial charge in [0.05, 0.1) is 16.2 Å². The molecule has 0 spiro atoms. The van der Waals surface area contributed by atoms with Gasteiger partial charge in [-0.05, 0) is 18.6 Å². The summed E-state index contributed by atoms with van der Waals surface area (Å²) in [6, 6.07) is 4.87. The first-order valence-electron chi connectivity index (χ1n) is 7.71. The summed E-state index contributed by atoms with van der Waals surface area (Å²) in [5, 5.41) is 21.9. The molecular weight excluding hydrogens is 394 g/mol. The number of nitro groups is 1. The Labute approximate surface area is 163 Å². The fraction of sp³-hybridized carbons (Fsp3) is 0.250. The SMILES string of the molecule is CC(C(=O)NCCC(=O)O)N1C(=O)/C(=C/c2cccc([N+](=O)[O-])c2)SC1=S. The van der Waals surface area contributed by atoms with Crippen molar-refractivity contribution < 1.29 is 24.4 Å². The minimum atomic E-state index is -1.05. The number of carbonyl (C=O) groups is 3. The van der Waals surface area contributed by atoms with Gasteiger partial charge in [0.15, 0.2) is 0 Å². The summed E-state index contributed by atoms with van der Waals surface area (Å²) < 4.78 is 0.178. The fourth-order valence-electron chi connectivity index (χ4n) is 2.25. The van der Waals surface area contributed by atoms with Crippen LogP contribution in [0.3, 0.4) is 0 Å². The molecule has 1 saturated heterocycles. The molecule has 2 N–H and O–H groups in total. The van der Waals surface area contributed by atoms with E-state index >= 15 is 0 Å². The Morgan fingerprint density at radius 2 is 2.19 bits per heavy atom. The zero-order valence-electron chi connectivity index (χ0n) is 14.1. The third kappa shape index (κ3) is 5.11. The van der Waals surface area contributed by atoms with Crippen molar-refractivity contribution in [3.05, 3.63) is 44.8 Å². The molecule has 142 valence electrons. The lowest BCUT2D eigenvalue weighted by Crippen LogP contribution is -2.47. The van der Waals surface area contributed by atoms with Crippen LogP contribution in [0.2, 0.25) is 0 Å².